The van der Waals surface area contributed by atoms with Crippen LogP contribution in [0.25, 0.3) is 0 Å². The average molecular weight is 639 g/mol. The fourth-order valence-corrected chi connectivity index (χ4v) is 5.58. The Hall–Kier alpha value is -1.43. The molecular formula is C35H66N4O6. The molecule has 0 radical (unpaired) electrons. The number of Topliss-reactive ketones (excluding diaryl/α,β-unsaturated/α-hetero) is 1. The Morgan fingerprint density at radius 3 is 2.29 bits per heavy atom. The monoisotopic (exact) mass is 638 g/mol. The highest BCUT2D eigenvalue weighted by Crippen LogP contribution is 2.31. The van der Waals surface area contributed by atoms with Gasteiger partial charge in [0.25, 0.3) is 0 Å². The van der Waals surface area contributed by atoms with Gasteiger partial charge in [0.2, 0.25) is 0 Å². The van der Waals surface area contributed by atoms with Crippen LogP contribution in [0.15, 0.2) is 6.20 Å². The summed E-state index contributed by atoms with van der Waals surface area (Å²) in [6.45, 7) is 24.9. The number of ketones is 1. The van der Waals surface area contributed by atoms with Crippen LogP contribution in [-0.4, -0.2) is 98.2 Å². The number of aliphatic hydroxyl groups is 1. The molecule has 0 aliphatic heterocycles. The molecule has 0 saturated heterocycles. The zero-order valence-corrected chi connectivity index (χ0v) is 30.3. The summed E-state index contributed by atoms with van der Waals surface area (Å²) in [6, 6.07) is 0.216. The molecule has 0 aromatic carbocycles. The largest absolute Gasteiger partial charge is 0.391 e. The highest BCUT2D eigenvalue weighted by molar-refractivity contribution is 5.78. The Bertz CT molecular complexity index is 993. The number of hydrogen-bond acceptors (Lipinski definition) is 9. The van der Waals surface area contributed by atoms with E-state index in [1.807, 2.05) is 40.8 Å². The summed E-state index contributed by atoms with van der Waals surface area (Å²) >= 11 is 0. The van der Waals surface area contributed by atoms with Crippen LogP contribution in [-0.2, 0) is 36.9 Å². The van der Waals surface area contributed by atoms with Crippen LogP contribution < -0.4 is 0 Å². The van der Waals surface area contributed by atoms with Crippen LogP contribution in [0.3, 0.4) is 0 Å². The summed E-state index contributed by atoms with van der Waals surface area (Å²) in [5.41, 5.74) is -0.564. The molecule has 1 fully saturated rings. The Balaban J connectivity index is 1.70. The molecule has 1 aliphatic carbocycles. The van der Waals surface area contributed by atoms with Crippen LogP contribution in [0.1, 0.15) is 133 Å². The summed E-state index contributed by atoms with van der Waals surface area (Å²) in [6.07, 6.45) is 9.52. The summed E-state index contributed by atoms with van der Waals surface area (Å²) < 4.78 is 26.4. The predicted octanol–water partition coefficient (Wildman–Crippen LogP) is 6.12. The van der Waals surface area contributed by atoms with Crippen molar-refractivity contribution in [3.63, 3.8) is 0 Å². The van der Waals surface area contributed by atoms with Gasteiger partial charge in [-0.2, -0.15) is 0 Å². The van der Waals surface area contributed by atoms with Crippen molar-refractivity contribution >= 4 is 5.78 Å². The van der Waals surface area contributed by atoms with E-state index in [1.165, 1.54) is 0 Å². The van der Waals surface area contributed by atoms with Crippen LogP contribution in [0, 0.1) is 0 Å². The zero-order valence-electron chi connectivity index (χ0n) is 30.3. The smallest absolute Gasteiger partial charge is 0.132 e. The lowest BCUT2D eigenvalue weighted by atomic mass is 9.97. The zero-order chi connectivity index (χ0) is 33.7. The van der Waals surface area contributed by atoms with Gasteiger partial charge in [-0.1, -0.05) is 25.5 Å². The third kappa shape index (κ3) is 14.9. The average Bonchev–Trinajstić information content (AvgIpc) is 3.61. The van der Waals surface area contributed by atoms with Crippen molar-refractivity contribution in [3.8, 4) is 0 Å². The summed E-state index contributed by atoms with van der Waals surface area (Å²) in [4.78, 5) is 14.2. The molecule has 1 saturated carbocycles. The second-order valence-electron chi connectivity index (χ2n) is 15.3. The van der Waals surface area contributed by atoms with Crippen LogP contribution in [0.5, 0.6) is 0 Å². The van der Waals surface area contributed by atoms with Gasteiger partial charge in [-0.05, 0) is 100 Å². The van der Waals surface area contributed by atoms with Gasteiger partial charge in [-0.15, -0.1) is 5.10 Å². The van der Waals surface area contributed by atoms with E-state index in [0.29, 0.717) is 58.8 Å². The third-order valence-electron chi connectivity index (χ3n) is 8.90. The molecule has 1 N–H and O–H groups in total. The number of hydrogen-bond donors (Lipinski definition) is 1. The molecule has 1 aromatic heterocycles. The molecule has 1 aromatic rings. The highest BCUT2D eigenvalue weighted by Gasteiger charge is 2.39. The maximum Gasteiger partial charge on any atom is 0.132 e. The first kappa shape index (κ1) is 39.7. The van der Waals surface area contributed by atoms with E-state index >= 15 is 0 Å². The van der Waals surface area contributed by atoms with Crippen molar-refractivity contribution in [1.29, 1.82) is 0 Å². The van der Waals surface area contributed by atoms with E-state index < -0.39 is 5.60 Å². The fraction of sp³-hybridized carbons (Fsp3) is 0.914. The quantitative estimate of drug-likeness (QED) is 0.134. The molecule has 10 nitrogen and oxygen atoms in total. The Kier molecular flexibility index (Phi) is 16.1. The molecule has 2 unspecified atom stereocenters. The lowest BCUT2D eigenvalue weighted by Crippen LogP contribution is -2.56. The van der Waals surface area contributed by atoms with Crippen molar-refractivity contribution in [3.05, 3.63) is 11.9 Å². The van der Waals surface area contributed by atoms with Crippen LogP contribution >= 0.6 is 0 Å². The fourth-order valence-electron chi connectivity index (χ4n) is 5.58. The van der Waals surface area contributed by atoms with Gasteiger partial charge in [-0.25, -0.2) is 4.68 Å². The van der Waals surface area contributed by atoms with E-state index in [-0.39, 0.29) is 34.7 Å². The Labute approximate surface area is 273 Å². The van der Waals surface area contributed by atoms with Gasteiger partial charge in [0.15, 0.2) is 0 Å². The lowest BCUT2D eigenvalue weighted by molar-refractivity contribution is -0.130. The second-order valence-corrected chi connectivity index (χ2v) is 15.3. The maximum absolute atomic E-state index is 11.7. The molecule has 45 heavy (non-hydrogen) atoms. The number of carbonyl (C=O) groups is 1. The minimum Gasteiger partial charge on any atom is -0.391 e. The number of aromatic nitrogens is 3. The standard InChI is InChI=1S/C35H66N4O6/c1-11-13-20-39(30-15-14-16-31(30)41)32(3,4)26-44-34(7,8)19-22-42-25-28-24-38(37-36-28)21-23-43-35(9,10)27-45-33(5,6)18-17-29(40)12-2/h24,30-31,41H,11-23,25-27H2,1-10H3. The molecule has 2 rings (SSSR count). The van der Waals surface area contributed by atoms with Gasteiger partial charge in [0.05, 0.1) is 62.1 Å². The molecule has 0 amide bonds. The van der Waals surface area contributed by atoms with Gasteiger partial charge in [0, 0.05) is 31.0 Å². The number of unbranched alkanes of at least 4 members (excludes halogenated alkanes) is 1. The molecule has 1 aliphatic rings. The molecule has 0 bridgehead atoms. The first-order valence-electron chi connectivity index (χ1n) is 17.3. The number of rotatable bonds is 24. The normalized spacial score (nSPS) is 18.3. The highest BCUT2D eigenvalue weighted by atomic mass is 16.6. The summed E-state index contributed by atoms with van der Waals surface area (Å²) in [5.74, 6) is 0.263. The number of ether oxygens (including phenoxy) is 4. The van der Waals surface area contributed by atoms with E-state index in [9.17, 15) is 9.90 Å². The van der Waals surface area contributed by atoms with Crippen LogP contribution in [0.4, 0.5) is 0 Å². The summed E-state index contributed by atoms with van der Waals surface area (Å²) in [7, 11) is 0. The first-order valence-corrected chi connectivity index (χ1v) is 17.3. The minimum atomic E-state index is -0.464. The molecule has 1 heterocycles. The van der Waals surface area contributed by atoms with Crippen molar-refractivity contribution < 1.29 is 28.8 Å². The van der Waals surface area contributed by atoms with Gasteiger partial charge >= 0.3 is 0 Å². The predicted molar refractivity (Wildman–Crippen MR) is 178 cm³/mol. The molecule has 2 atom stereocenters. The first-order chi connectivity index (χ1) is 21.0. The van der Waals surface area contributed by atoms with E-state index in [1.54, 1.807) is 4.68 Å². The Morgan fingerprint density at radius 1 is 0.956 bits per heavy atom. The van der Waals surface area contributed by atoms with Gasteiger partial charge < -0.3 is 24.1 Å². The molecule has 10 heteroatoms. The molecule has 262 valence electrons. The molecular weight excluding hydrogens is 572 g/mol. The van der Waals surface area contributed by atoms with Crippen molar-refractivity contribution in [2.45, 2.75) is 175 Å². The third-order valence-corrected chi connectivity index (χ3v) is 8.90. The van der Waals surface area contributed by atoms with E-state index in [0.717, 1.165) is 50.8 Å². The van der Waals surface area contributed by atoms with Crippen molar-refractivity contribution in [2.75, 3.05) is 33.0 Å². The topological polar surface area (TPSA) is 108 Å². The van der Waals surface area contributed by atoms with Crippen molar-refractivity contribution in [2.24, 2.45) is 0 Å². The maximum atomic E-state index is 11.7. The SMILES string of the molecule is CCCCN(C1CCCC1O)C(C)(C)COC(C)(C)CCOCc1cn(CCOC(C)(C)COC(C)(C)CCC(=O)CC)nn1. The van der Waals surface area contributed by atoms with E-state index in [2.05, 4.69) is 49.8 Å². The lowest BCUT2D eigenvalue weighted by Gasteiger charge is -2.45. The van der Waals surface area contributed by atoms with Crippen molar-refractivity contribution in [1.82, 2.24) is 19.9 Å². The number of nitrogens with zero attached hydrogens (tertiary/aromatic N) is 4. The van der Waals surface area contributed by atoms with Gasteiger partial charge in [-0.3, -0.25) is 9.69 Å². The second kappa shape index (κ2) is 18.2. The Morgan fingerprint density at radius 2 is 1.64 bits per heavy atom. The summed E-state index contributed by atoms with van der Waals surface area (Å²) in [5, 5.41) is 19.1. The minimum absolute atomic E-state index is 0.166. The van der Waals surface area contributed by atoms with E-state index in [4.69, 9.17) is 18.9 Å². The van der Waals surface area contributed by atoms with Crippen LogP contribution in [0.2, 0.25) is 0 Å². The number of carbonyl (C=O) groups excluding carboxylic acids is 1. The molecule has 0 spiro atoms. The van der Waals surface area contributed by atoms with Gasteiger partial charge in [0.1, 0.15) is 11.5 Å². The number of aliphatic hydroxyl groups excluding tert-OH is 1.